The number of amides is 2. The average Bonchev–Trinajstić information content (AvgIpc) is 3.25. The number of methoxy groups -OCH3 is 1. The SMILES string of the molecule is COc1ccc(CN2CC[C@@](C)(N3C(=O)OC[C@@H]3c3ccccc3)C2=O)cc1. The van der Waals surface area contributed by atoms with E-state index in [0.717, 1.165) is 16.9 Å². The van der Waals surface area contributed by atoms with Crippen LogP contribution in [0.15, 0.2) is 54.6 Å². The van der Waals surface area contributed by atoms with Gasteiger partial charge in [0.05, 0.1) is 13.2 Å². The highest BCUT2D eigenvalue weighted by molar-refractivity contribution is 5.92. The summed E-state index contributed by atoms with van der Waals surface area (Å²) in [6.45, 7) is 3.24. The van der Waals surface area contributed by atoms with Gasteiger partial charge in [-0.15, -0.1) is 0 Å². The minimum absolute atomic E-state index is 0.0388. The van der Waals surface area contributed by atoms with Crippen LogP contribution in [0.2, 0.25) is 0 Å². The van der Waals surface area contributed by atoms with Gasteiger partial charge in [0, 0.05) is 13.1 Å². The van der Waals surface area contributed by atoms with E-state index in [0.29, 0.717) is 19.5 Å². The molecule has 2 fully saturated rings. The Hall–Kier alpha value is -3.02. The van der Waals surface area contributed by atoms with Crippen molar-refractivity contribution in [1.29, 1.82) is 0 Å². The third-order valence-electron chi connectivity index (χ3n) is 5.74. The first-order chi connectivity index (χ1) is 13.5. The van der Waals surface area contributed by atoms with E-state index in [4.69, 9.17) is 9.47 Å². The number of hydrogen-bond acceptors (Lipinski definition) is 4. The summed E-state index contributed by atoms with van der Waals surface area (Å²) in [7, 11) is 1.63. The first-order valence-corrected chi connectivity index (χ1v) is 9.46. The Morgan fingerprint density at radius 1 is 1.11 bits per heavy atom. The van der Waals surface area contributed by atoms with Gasteiger partial charge in [-0.25, -0.2) is 4.79 Å². The number of hydrogen-bond donors (Lipinski definition) is 0. The van der Waals surface area contributed by atoms with Crippen molar-refractivity contribution in [2.75, 3.05) is 20.3 Å². The second kappa shape index (κ2) is 7.19. The Morgan fingerprint density at radius 3 is 2.50 bits per heavy atom. The van der Waals surface area contributed by atoms with Crippen molar-refractivity contribution in [2.24, 2.45) is 0 Å². The Labute approximate surface area is 164 Å². The molecule has 2 aliphatic rings. The maximum Gasteiger partial charge on any atom is 0.411 e. The summed E-state index contributed by atoms with van der Waals surface area (Å²) in [5.41, 5.74) is 1.11. The van der Waals surface area contributed by atoms with Crippen molar-refractivity contribution < 1.29 is 19.1 Å². The summed E-state index contributed by atoms with van der Waals surface area (Å²) in [6.07, 6.45) is 0.163. The van der Waals surface area contributed by atoms with Crippen LogP contribution in [0, 0.1) is 0 Å². The van der Waals surface area contributed by atoms with Crippen LogP contribution in [0.3, 0.4) is 0 Å². The van der Waals surface area contributed by atoms with Crippen LogP contribution in [-0.4, -0.2) is 47.6 Å². The van der Waals surface area contributed by atoms with Gasteiger partial charge in [-0.3, -0.25) is 9.69 Å². The molecule has 2 saturated heterocycles. The second-order valence-corrected chi connectivity index (χ2v) is 7.47. The van der Waals surface area contributed by atoms with Crippen LogP contribution in [0.4, 0.5) is 4.79 Å². The molecular formula is C22H24N2O4. The normalized spacial score (nSPS) is 24.6. The first kappa shape index (κ1) is 18.3. The summed E-state index contributed by atoms with van der Waals surface area (Å²) >= 11 is 0. The number of ether oxygens (including phenoxy) is 2. The predicted molar refractivity (Wildman–Crippen MR) is 104 cm³/mol. The van der Waals surface area contributed by atoms with E-state index in [2.05, 4.69) is 0 Å². The number of benzene rings is 2. The zero-order valence-electron chi connectivity index (χ0n) is 16.1. The lowest BCUT2D eigenvalue weighted by molar-refractivity contribution is -0.137. The molecule has 0 spiro atoms. The molecule has 2 atom stereocenters. The zero-order valence-corrected chi connectivity index (χ0v) is 16.1. The Balaban J connectivity index is 1.55. The monoisotopic (exact) mass is 380 g/mol. The fraction of sp³-hybridized carbons (Fsp3) is 0.364. The molecule has 2 amide bonds. The third kappa shape index (κ3) is 3.09. The van der Waals surface area contributed by atoms with Gasteiger partial charge in [0.15, 0.2) is 0 Å². The van der Waals surface area contributed by atoms with Crippen LogP contribution in [0.25, 0.3) is 0 Å². The highest BCUT2D eigenvalue weighted by Gasteiger charge is 2.54. The molecule has 0 aliphatic carbocycles. The van der Waals surface area contributed by atoms with Crippen molar-refractivity contribution in [3.63, 3.8) is 0 Å². The van der Waals surface area contributed by atoms with Gasteiger partial charge in [0.1, 0.15) is 17.9 Å². The summed E-state index contributed by atoms with van der Waals surface area (Å²) in [6, 6.07) is 17.2. The van der Waals surface area contributed by atoms with Crippen molar-refractivity contribution >= 4 is 12.0 Å². The zero-order chi connectivity index (χ0) is 19.7. The maximum absolute atomic E-state index is 13.3. The molecule has 0 N–H and O–H groups in total. The molecule has 0 bridgehead atoms. The van der Waals surface area contributed by atoms with Crippen LogP contribution in [0.1, 0.15) is 30.5 Å². The lowest BCUT2D eigenvalue weighted by Gasteiger charge is -2.36. The average molecular weight is 380 g/mol. The highest BCUT2D eigenvalue weighted by Crippen LogP contribution is 2.40. The number of carbonyl (C=O) groups excluding carboxylic acids is 2. The first-order valence-electron chi connectivity index (χ1n) is 9.46. The van der Waals surface area contributed by atoms with Crippen LogP contribution in [0.5, 0.6) is 5.75 Å². The van der Waals surface area contributed by atoms with E-state index in [1.54, 1.807) is 12.0 Å². The molecule has 6 heteroatoms. The van der Waals surface area contributed by atoms with Crippen molar-refractivity contribution in [1.82, 2.24) is 9.80 Å². The minimum atomic E-state index is -0.902. The second-order valence-electron chi connectivity index (χ2n) is 7.47. The number of likely N-dealkylation sites (tertiary alicyclic amines) is 1. The van der Waals surface area contributed by atoms with Gasteiger partial charge >= 0.3 is 6.09 Å². The highest BCUT2D eigenvalue weighted by atomic mass is 16.6. The summed E-state index contributed by atoms with van der Waals surface area (Å²) < 4.78 is 10.5. The van der Waals surface area contributed by atoms with Crippen molar-refractivity contribution in [2.45, 2.75) is 31.5 Å². The fourth-order valence-corrected chi connectivity index (χ4v) is 4.11. The number of cyclic esters (lactones) is 1. The summed E-state index contributed by atoms with van der Waals surface area (Å²) in [5.74, 6) is 0.745. The van der Waals surface area contributed by atoms with Gasteiger partial charge in [-0.05, 0) is 36.6 Å². The van der Waals surface area contributed by atoms with Crippen LogP contribution < -0.4 is 4.74 Å². The molecule has 6 nitrogen and oxygen atoms in total. The molecule has 2 aromatic rings. The van der Waals surface area contributed by atoms with E-state index in [1.165, 1.54) is 0 Å². The quantitative estimate of drug-likeness (QED) is 0.798. The molecule has 2 aliphatic heterocycles. The topological polar surface area (TPSA) is 59.1 Å². The number of rotatable bonds is 5. The summed E-state index contributed by atoms with van der Waals surface area (Å²) in [5, 5.41) is 0. The van der Waals surface area contributed by atoms with E-state index < -0.39 is 11.6 Å². The molecule has 146 valence electrons. The van der Waals surface area contributed by atoms with E-state index in [1.807, 2.05) is 66.4 Å². The Kier molecular flexibility index (Phi) is 4.71. The van der Waals surface area contributed by atoms with Crippen molar-refractivity contribution in [3.8, 4) is 5.75 Å². The molecule has 0 aromatic heterocycles. The molecule has 0 unspecified atom stereocenters. The molecular weight excluding hydrogens is 356 g/mol. The van der Waals surface area contributed by atoms with Crippen LogP contribution in [-0.2, 0) is 16.1 Å². The molecule has 0 saturated carbocycles. The smallest absolute Gasteiger partial charge is 0.411 e. The van der Waals surface area contributed by atoms with E-state index in [-0.39, 0.29) is 18.6 Å². The maximum atomic E-state index is 13.3. The molecule has 4 rings (SSSR count). The van der Waals surface area contributed by atoms with E-state index >= 15 is 0 Å². The van der Waals surface area contributed by atoms with Gasteiger partial charge in [-0.2, -0.15) is 0 Å². The predicted octanol–water partition coefficient (Wildman–Crippen LogP) is 3.38. The standard InChI is InChI=1S/C22H24N2O4/c1-22(24-19(15-28-21(24)26)17-6-4-3-5-7-17)12-13-23(20(22)25)14-16-8-10-18(27-2)11-9-16/h3-11,19H,12-15H2,1-2H3/t19-,22-/m1/s1. The molecule has 28 heavy (non-hydrogen) atoms. The Morgan fingerprint density at radius 2 is 1.82 bits per heavy atom. The fourth-order valence-electron chi connectivity index (χ4n) is 4.11. The minimum Gasteiger partial charge on any atom is -0.497 e. The summed E-state index contributed by atoms with van der Waals surface area (Å²) in [4.78, 5) is 29.3. The van der Waals surface area contributed by atoms with Crippen LogP contribution >= 0.6 is 0 Å². The van der Waals surface area contributed by atoms with Gasteiger partial charge in [0.2, 0.25) is 5.91 Å². The molecule has 2 heterocycles. The largest absolute Gasteiger partial charge is 0.497 e. The molecule has 2 aromatic carbocycles. The van der Waals surface area contributed by atoms with Gasteiger partial charge < -0.3 is 14.4 Å². The Bertz CT molecular complexity index is 868. The lowest BCUT2D eigenvalue weighted by Crippen LogP contribution is -2.53. The lowest BCUT2D eigenvalue weighted by atomic mass is 9.94. The van der Waals surface area contributed by atoms with E-state index in [9.17, 15) is 9.59 Å². The molecule has 0 radical (unpaired) electrons. The van der Waals surface area contributed by atoms with Crippen molar-refractivity contribution in [3.05, 3.63) is 65.7 Å². The third-order valence-corrected chi connectivity index (χ3v) is 5.74. The van der Waals surface area contributed by atoms with Gasteiger partial charge in [-0.1, -0.05) is 42.5 Å². The number of carbonyl (C=O) groups is 2. The van der Waals surface area contributed by atoms with Gasteiger partial charge in [0.25, 0.3) is 0 Å². The number of nitrogens with zero attached hydrogens (tertiary/aromatic N) is 2.